The first kappa shape index (κ1) is 25.5. The van der Waals surface area contributed by atoms with Gasteiger partial charge in [-0.15, -0.1) is 0 Å². The summed E-state index contributed by atoms with van der Waals surface area (Å²) in [4.78, 5) is 47.7. The summed E-state index contributed by atoms with van der Waals surface area (Å²) in [5, 5.41) is 25.9. The van der Waals surface area contributed by atoms with E-state index in [0.29, 0.717) is 0 Å². The van der Waals surface area contributed by atoms with Crippen molar-refractivity contribution in [2.75, 3.05) is 11.5 Å². The maximum atomic E-state index is 12.4. The lowest BCUT2D eigenvalue weighted by atomic mass is 10.0. The van der Waals surface area contributed by atoms with Gasteiger partial charge in [-0.05, 0) is 12.8 Å². The number of carboxylic acid groups (broad SMARTS) is 1. The number of nitrogens with two attached hydrogens (primary N) is 1. The van der Waals surface area contributed by atoms with Gasteiger partial charge in [0.25, 0.3) is 0 Å². The predicted octanol–water partition coefficient (Wildman–Crippen LogP) is -2.25. The van der Waals surface area contributed by atoms with E-state index in [1.165, 1.54) is 6.92 Å². The van der Waals surface area contributed by atoms with Gasteiger partial charge in [-0.2, -0.15) is 25.3 Å². The van der Waals surface area contributed by atoms with Crippen molar-refractivity contribution in [2.45, 2.75) is 51.0 Å². The first-order chi connectivity index (χ1) is 12.5. The molecular formula is C15H28N4O6S2. The Labute approximate surface area is 168 Å². The van der Waals surface area contributed by atoms with E-state index in [2.05, 4.69) is 41.2 Å². The number of aliphatic hydroxyl groups excluding tert-OH is 1. The highest BCUT2D eigenvalue weighted by Crippen LogP contribution is 2.04. The van der Waals surface area contributed by atoms with E-state index < -0.39 is 59.9 Å². The molecule has 0 bridgehead atoms. The minimum Gasteiger partial charge on any atom is -0.480 e. The van der Waals surface area contributed by atoms with E-state index in [1.807, 2.05) is 0 Å². The molecule has 5 atom stereocenters. The van der Waals surface area contributed by atoms with Crippen LogP contribution in [0.15, 0.2) is 0 Å². The highest BCUT2D eigenvalue weighted by atomic mass is 32.1. The maximum absolute atomic E-state index is 12.4. The van der Waals surface area contributed by atoms with Crippen LogP contribution < -0.4 is 21.7 Å². The molecule has 0 saturated heterocycles. The van der Waals surface area contributed by atoms with Crippen LogP contribution in [-0.2, 0) is 19.2 Å². The van der Waals surface area contributed by atoms with Crippen LogP contribution in [0.4, 0.5) is 0 Å². The lowest BCUT2D eigenvalue weighted by molar-refractivity contribution is -0.144. The number of amides is 3. The first-order valence-corrected chi connectivity index (χ1v) is 9.51. The second-order valence-electron chi connectivity index (χ2n) is 6.33. The summed E-state index contributed by atoms with van der Waals surface area (Å²) in [5.74, 6) is -3.94. The molecule has 0 fully saturated rings. The molecule has 0 rings (SSSR count). The van der Waals surface area contributed by atoms with Gasteiger partial charge >= 0.3 is 5.97 Å². The predicted molar refractivity (Wildman–Crippen MR) is 106 cm³/mol. The average molecular weight is 425 g/mol. The van der Waals surface area contributed by atoms with Gasteiger partial charge in [0.1, 0.15) is 18.1 Å². The van der Waals surface area contributed by atoms with Gasteiger partial charge in [0.15, 0.2) is 0 Å². The third-order valence-corrected chi connectivity index (χ3v) is 4.40. The number of carbonyl (C=O) groups is 4. The van der Waals surface area contributed by atoms with Crippen molar-refractivity contribution in [2.24, 2.45) is 11.7 Å². The lowest BCUT2D eigenvalue weighted by Crippen LogP contribution is -2.60. The third kappa shape index (κ3) is 8.37. The highest BCUT2D eigenvalue weighted by Gasteiger charge is 2.33. The van der Waals surface area contributed by atoms with Crippen molar-refractivity contribution in [1.29, 1.82) is 0 Å². The molecule has 5 unspecified atom stereocenters. The zero-order valence-corrected chi connectivity index (χ0v) is 17.2. The van der Waals surface area contributed by atoms with E-state index in [4.69, 9.17) is 10.8 Å². The molecule has 12 heteroatoms. The number of hydrogen-bond acceptors (Lipinski definition) is 8. The Morgan fingerprint density at radius 2 is 1.41 bits per heavy atom. The van der Waals surface area contributed by atoms with E-state index >= 15 is 0 Å². The standard InChI is InChI=1S/C15H28N4O6S2/c1-6(2)10(15(24)25)18-14(23)11(7(3)20)19-13(22)9(5-27)17-12(21)8(16)4-26/h6-11,20,26-27H,4-5,16H2,1-3H3,(H,17,21)(H,18,23)(H,19,22)(H,24,25). The average Bonchev–Trinajstić information content (AvgIpc) is 2.59. The molecule has 0 aliphatic rings. The Balaban J connectivity index is 5.16. The maximum Gasteiger partial charge on any atom is 0.326 e. The second-order valence-corrected chi connectivity index (χ2v) is 7.06. The smallest absolute Gasteiger partial charge is 0.326 e. The van der Waals surface area contributed by atoms with Crippen LogP contribution in [0.2, 0.25) is 0 Å². The molecule has 0 radical (unpaired) electrons. The van der Waals surface area contributed by atoms with Crippen LogP contribution in [0.1, 0.15) is 20.8 Å². The Morgan fingerprint density at radius 1 is 0.889 bits per heavy atom. The molecule has 7 N–H and O–H groups in total. The first-order valence-electron chi connectivity index (χ1n) is 8.25. The number of thiol groups is 2. The number of carbonyl (C=O) groups excluding carboxylic acids is 3. The molecule has 0 aliphatic heterocycles. The molecule has 0 aromatic carbocycles. The van der Waals surface area contributed by atoms with Gasteiger partial charge in [0.2, 0.25) is 17.7 Å². The fourth-order valence-electron chi connectivity index (χ4n) is 1.97. The van der Waals surface area contributed by atoms with Gasteiger partial charge in [-0.25, -0.2) is 4.79 Å². The molecule has 0 saturated carbocycles. The van der Waals surface area contributed by atoms with E-state index in [-0.39, 0.29) is 11.5 Å². The summed E-state index contributed by atoms with van der Waals surface area (Å²) in [6.07, 6.45) is -1.31. The molecule has 156 valence electrons. The molecule has 0 aromatic heterocycles. The summed E-state index contributed by atoms with van der Waals surface area (Å²) in [5.41, 5.74) is 5.52. The van der Waals surface area contributed by atoms with Crippen molar-refractivity contribution in [1.82, 2.24) is 16.0 Å². The SMILES string of the molecule is CC(C)C(NC(=O)C(NC(=O)C(CS)NC(=O)C(N)CS)C(C)O)C(=O)O. The Hall–Kier alpha value is -1.50. The number of aliphatic carboxylic acids is 1. The van der Waals surface area contributed by atoms with Gasteiger partial charge < -0.3 is 31.9 Å². The van der Waals surface area contributed by atoms with Gasteiger partial charge in [-0.3, -0.25) is 14.4 Å². The summed E-state index contributed by atoms with van der Waals surface area (Å²) in [6.45, 7) is 4.47. The zero-order valence-electron chi connectivity index (χ0n) is 15.4. The van der Waals surface area contributed by atoms with E-state index in [1.54, 1.807) is 13.8 Å². The Bertz CT molecular complexity index is 546. The Kier molecular flexibility index (Phi) is 11.4. The van der Waals surface area contributed by atoms with Crippen LogP contribution in [0, 0.1) is 5.92 Å². The van der Waals surface area contributed by atoms with Crippen LogP contribution in [0.25, 0.3) is 0 Å². The quantitative estimate of drug-likeness (QED) is 0.173. The van der Waals surface area contributed by atoms with Crippen LogP contribution in [-0.4, -0.2) is 75.7 Å². The van der Waals surface area contributed by atoms with Crippen molar-refractivity contribution in [3.05, 3.63) is 0 Å². The summed E-state index contributed by atoms with van der Waals surface area (Å²) >= 11 is 7.88. The minimum atomic E-state index is -1.42. The van der Waals surface area contributed by atoms with Crippen molar-refractivity contribution >= 4 is 48.9 Å². The molecule has 0 spiro atoms. The number of nitrogens with one attached hydrogen (secondary N) is 3. The normalized spacial score (nSPS) is 16.6. The molecule has 27 heavy (non-hydrogen) atoms. The molecule has 0 heterocycles. The molecular weight excluding hydrogens is 396 g/mol. The molecule has 0 aliphatic carbocycles. The second kappa shape index (κ2) is 12.1. The van der Waals surface area contributed by atoms with Crippen molar-refractivity contribution in [3.63, 3.8) is 0 Å². The van der Waals surface area contributed by atoms with Crippen LogP contribution >= 0.6 is 25.3 Å². The number of hydrogen-bond donors (Lipinski definition) is 8. The largest absolute Gasteiger partial charge is 0.480 e. The fraction of sp³-hybridized carbons (Fsp3) is 0.733. The number of aliphatic hydroxyl groups is 1. The summed E-state index contributed by atoms with van der Waals surface area (Å²) in [6, 6.07) is -4.65. The molecule has 0 aromatic rings. The van der Waals surface area contributed by atoms with Gasteiger partial charge in [0, 0.05) is 11.5 Å². The van der Waals surface area contributed by atoms with E-state index in [9.17, 15) is 24.3 Å². The topological polar surface area (TPSA) is 171 Å². The third-order valence-electron chi connectivity index (χ3n) is 3.64. The lowest BCUT2D eigenvalue weighted by Gasteiger charge is -2.26. The van der Waals surface area contributed by atoms with Crippen molar-refractivity contribution in [3.8, 4) is 0 Å². The van der Waals surface area contributed by atoms with E-state index in [0.717, 1.165) is 0 Å². The Morgan fingerprint density at radius 3 is 1.78 bits per heavy atom. The summed E-state index contributed by atoms with van der Waals surface area (Å²) < 4.78 is 0. The van der Waals surface area contributed by atoms with Gasteiger partial charge in [-0.1, -0.05) is 13.8 Å². The van der Waals surface area contributed by atoms with Crippen LogP contribution in [0.5, 0.6) is 0 Å². The minimum absolute atomic E-state index is 0.0667. The monoisotopic (exact) mass is 424 g/mol. The summed E-state index contributed by atoms with van der Waals surface area (Å²) in [7, 11) is 0. The molecule has 3 amide bonds. The van der Waals surface area contributed by atoms with Gasteiger partial charge in [0.05, 0.1) is 12.1 Å². The number of rotatable bonds is 11. The highest BCUT2D eigenvalue weighted by molar-refractivity contribution is 7.80. The number of carboxylic acids is 1. The fourth-order valence-corrected chi connectivity index (χ4v) is 2.39. The zero-order chi connectivity index (χ0) is 21.3. The molecule has 10 nitrogen and oxygen atoms in total. The van der Waals surface area contributed by atoms with Crippen molar-refractivity contribution < 1.29 is 29.4 Å². The van der Waals surface area contributed by atoms with Crippen LogP contribution in [0.3, 0.4) is 0 Å².